The molecule has 5 heteroatoms. The Morgan fingerprint density at radius 2 is 1.92 bits per heavy atom. The number of carboxylic acid groups (broad SMARTS) is 1. The van der Waals surface area contributed by atoms with Gasteiger partial charge in [0.15, 0.2) is 0 Å². The van der Waals surface area contributed by atoms with Crippen molar-refractivity contribution >= 4 is 11.9 Å². The fourth-order valence-corrected chi connectivity index (χ4v) is 4.46. The fourth-order valence-electron chi connectivity index (χ4n) is 4.46. The molecule has 2 aliphatic rings. The smallest absolute Gasteiger partial charge is 0.320 e. The van der Waals surface area contributed by atoms with Crippen molar-refractivity contribution in [2.45, 2.75) is 57.2 Å². The van der Waals surface area contributed by atoms with Gasteiger partial charge in [0.05, 0.1) is 12.6 Å². The Morgan fingerprint density at radius 3 is 2.60 bits per heavy atom. The van der Waals surface area contributed by atoms with Crippen LogP contribution in [0.2, 0.25) is 0 Å². The van der Waals surface area contributed by atoms with Crippen molar-refractivity contribution in [3.05, 3.63) is 35.9 Å². The van der Waals surface area contributed by atoms with Crippen LogP contribution < -0.4 is 0 Å². The molecule has 25 heavy (non-hydrogen) atoms. The van der Waals surface area contributed by atoms with E-state index in [2.05, 4.69) is 0 Å². The minimum absolute atomic E-state index is 0.00572. The van der Waals surface area contributed by atoms with Crippen molar-refractivity contribution in [3.63, 3.8) is 0 Å². The molecule has 0 spiro atoms. The third-order valence-corrected chi connectivity index (χ3v) is 6.08. The predicted octanol–water partition coefficient (Wildman–Crippen LogP) is 2.92. The van der Waals surface area contributed by atoms with Crippen LogP contribution in [-0.4, -0.2) is 52.5 Å². The standard InChI is InChI=1S/C20H28N2O3/c1-14(15-8-4-3-5-9-15)21(2)19(23)13-22-17-11-7-6-10-16(17)12-18(22)20(24)25/h3-5,8-9,14,16-18H,6-7,10-13H2,1-2H3,(H,24,25). The van der Waals surface area contributed by atoms with Gasteiger partial charge in [0, 0.05) is 13.1 Å². The Kier molecular flexibility index (Phi) is 5.42. The summed E-state index contributed by atoms with van der Waals surface area (Å²) < 4.78 is 0. The van der Waals surface area contributed by atoms with E-state index in [0.29, 0.717) is 12.3 Å². The van der Waals surface area contributed by atoms with Gasteiger partial charge in [-0.1, -0.05) is 43.2 Å². The first-order valence-electron chi connectivity index (χ1n) is 9.28. The van der Waals surface area contributed by atoms with E-state index >= 15 is 0 Å². The molecule has 2 fully saturated rings. The lowest BCUT2D eigenvalue weighted by Gasteiger charge is -2.34. The van der Waals surface area contributed by atoms with Gasteiger partial charge in [-0.15, -0.1) is 0 Å². The molecule has 0 radical (unpaired) electrons. The van der Waals surface area contributed by atoms with Crippen LogP contribution in [0.25, 0.3) is 0 Å². The van der Waals surface area contributed by atoms with Gasteiger partial charge >= 0.3 is 5.97 Å². The van der Waals surface area contributed by atoms with Gasteiger partial charge in [0.2, 0.25) is 5.91 Å². The molecule has 1 aromatic rings. The molecule has 1 heterocycles. The van der Waals surface area contributed by atoms with E-state index in [1.165, 1.54) is 6.42 Å². The highest BCUT2D eigenvalue weighted by Gasteiger charge is 2.46. The van der Waals surface area contributed by atoms with Crippen LogP contribution in [-0.2, 0) is 9.59 Å². The van der Waals surface area contributed by atoms with Crippen molar-refractivity contribution in [1.29, 1.82) is 0 Å². The molecule has 1 N–H and O–H groups in total. The maximum atomic E-state index is 12.8. The number of benzene rings is 1. The van der Waals surface area contributed by atoms with Gasteiger partial charge in [-0.3, -0.25) is 14.5 Å². The Bertz CT molecular complexity index is 619. The molecule has 0 aromatic heterocycles. The zero-order chi connectivity index (χ0) is 18.0. The number of rotatable bonds is 5. The molecular weight excluding hydrogens is 316 g/mol. The maximum absolute atomic E-state index is 12.8. The van der Waals surface area contributed by atoms with E-state index in [9.17, 15) is 14.7 Å². The molecule has 5 nitrogen and oxygen atoms in total. The summed E-state index contributed by atoms with van der Waals surface area (Å²) in [6, 6.07) is 9.64. The van der Waals surface area contributed by atoms with Gasteiger partial charge in [0.1, 0.15) is 6.04 Å². The summed E-state index contributed by atoms with van der Waals surface area (Å²) in [6.45, 7) is 2.21. The molecule has 4 unspecified atom stereocenters. The van der Waals surface area contributed by atoms with E-state index < -0.39 is 12.0 Å². The molecule has 4 atom stereocenters. The highest BCUT2D eigenvalue weighted by molar-refractivity contribution is 5.80. The number of hydrogen-bond acceptors (Lipinski definition) is 3. The second kappa shape index (κ2) is 7.56. The molecule has 3 rings (SSSR count). The largest absolute Gasteiger partial charge is 0.480 e. The van der Waals surface area contributed by atoms with Crippen LogP contribution in [0, 0.1) is 5.92 Å². The second-order valence-electron chi connectivity index (χ2n) is 7.47. The zero-order valence-electron chi connectivity index (χ0n) is 15.1. The summed E-state index contributed by atoms with van der Waals surface area (Å²) in [5.41, 5.74) is 1.09. The Labute approximate surface area is 149 Å². The maximum Gasteiger partial charge on any atom is 0.320 e. The number of amides is 1. The van der Waals surface area contributed by atoms with Crippen molar-refractivity contribution in [2.75, 3.05) is 13.6 Å². The van der Waals surface area contributed by atoms with Crippen LogP contribution in [0.3, 0.4) is 0 Å². The van der Waals surface area contributed by atoms with E-state index in [1.54, 1.807) is 4.90 Å². The van der Waals surface area contributed by atoms with Gasteiger partial charge in [-0.05, 0) is 37.7 Å². The highest BCUT2D eigenvalue weighted by atomic mass is 16.4. The number of aliphatic carboxylic acids is 1. The lowest BCUT2D eigenvalue weighted by atomic mass is 9.85. The monoisotopic (exact) mass is 344 g/mol. The quantitative estimate of drug-likeness (QED) is 0.892. The van der Waals surface area contributed by atoms with Crippen molar-refractivity contribution < 1.29 is 14.7 Å². The van der Waals surface area contributed by atoms with Crippen LogP contribution >= 0.6 is 0 Å². The summed E-state index contributed by atoms with van der Waals surface area (Å²) in [7, 11) is 1.81. The van der Waals surface area contributed by atoms with E-state index in [-0.39, 0.29) is 24.5 Å². The van der Waals surface area contributed by atoms with E-state index in [0.717, 1.165) is 24.8 Å². The second-order valence-corrected chi connectivity index (χ2v) is 7.47. The van der Waals surface area contributed by atoms with Crippen LogP contribution in [0.4, 0.5) is 0 Å². The summed E-state index contributed by atoms with van der Waals surface area (Å²) in [5.74, 6) is -0.366. The molecule has 1 aliphatic heterocycles. The van der Waals surface area contributed by atoms with E-state index in [4.69, 9.17) is 0 Å². The average Bonchev–Trinajstić information content (AvgIpc) is 3.00. The molecule has 136 valence electrons. The molecule has 1 saturated heterocycles. The van der Waals surface area contributed by atoms with Gasteiger partial charge in [-0.25, -0.2) is 0 Å². The normalized spacial score (nSPS) is 27.5. The van der Waals surface area contributed by atoms with Crippen LogP contribution in [0.5, 0.6) is 0 Å². The van der Waals surface area contributed by atoms with Crippen molar-refractivity contribution in [1.82, 2.24) is 9.80 Å². The summed E-state index contributed by atoms with van der Waals surface area (Å²) in [6.07, 6.45) is 5.11. The summed E-state index contributed by atoms with van der Waals surface area (Å²) in [4.78, 5) is 28.2. The molecule has 1 amide bonds. The van der Waals surface area contributed by atoms with Crippen LogP contribution in [0.1, 0.15) is 50.6 Å². The summed E-state index contributed by atoms with van der Waals surface area (Å²) in [5, 5.41) is 9.60. The Balaban J connectivity index is 1.70. The van der Waals surface area contributed by atoms with Crippen molar-refractivity contribution in [2.24, 2.45) is 5.92 Å². The number of fused-ring (bicyclic) bond motifs is 1. The van der Waals surface area contributed by atoms with Crippen molar-refractivity contribution in [3.8, 4) is 0 Å². The number of carboxylic acids is 1. The lowest BCUT2D eigenvalue weighted by molar-refractivity contribution is -0.144. The number of hydrogen-bond donors (Lipinski definition) is 1. The molecule has 0 bridgehead atoms. The molecule has 1 aromatic carbocycles. The number of likely N-dealkylation sites (N-methyl/N-ethyl adjacent to an activating group) is 1. The lowest BCUT2D eigenvalue weighted by Crippen LogP contribution is -2.48. The zero-order valence-corrected chi connectivity index (χ0v) is 15.1. The first-order valence-corrected chi connectivity index (χ1v) is 9.28. The third-order valence-electron chi connectivity index (χ3n) is 6.08. The molecule has 1 saturated carbocycles. The minimum Gasteiger partial charge on any atom is -0.480 e. The number of carbonyl (C=O) groups excluding carboxylic acids is 1. The number of carbonyl (C=O) groups is 2. The number of nitrogens with zero attached hydrogens (tertiary/aromatic N) is 2. The topological polar surface area (TPSA) is 60.9 Å². The molecule has 1 aliphatic carbocycles. The Hall–Kier alpha value is -1.88. The Morgan fingerprint density at radius 1 is 1.24 bits per heavy atom. The van der Waals surface area contributed by atoms with Gasteiger partial charge in [-0.2, -0.15) is 0 Å². The highest BCUT2D eigenvalue weighted by Crippen LogP contribution is 2.39. The third kappa shape index (κ3) is 3.71. The minimum atomic E-state index is -0.791. The first-order chi connectivity index (χ1) is 12.0. The van der Waals surface area contributed by atoms with E-state index in [1.807, 2.05) is 49.2 Å². The van der Waals surface area contributed by atoms with Crippen LogP contribution in [0.15, 0.2) is 30.3 Å². The SMILES string of the molecule is CC(c1ccccc1)N(C)C(=O)CN1C(C(=O)O)CC2CCCCC21. The fraction of sp³-hybridized carbons (Fsp3) is 0.600. The number of likely N-dealkylation sites (tertiary alicyclic amines) is 1. The average molecular weight is 344 g/mol. The summed E-state index contributed by atoms with van der Waals surface area (Å²) >= 11 is 0. The predicted molar refractivity (Wildman–Crippen MR) is 96.1 cm³/mol. The van der Waals surface area contributed by atoms with Gasteiger partial charge < -0.3 is 10.0 Å². The molecular formula is C20H28N2O3. The van der Waals surface area contributed by atoms with Gasteiger partial charge in [0.25, 0.3) is 0 Å². The first kappa shape index (κ1) is 17.9.